The lowest BCUT2D eigenvalue weighted by Gasteiger charge is -2.27. The molecule has 1 amide bonds. The SMILES string of the molecule is Cc1c(CN2CCSCC2)cccc1NC(=O)c1ccc(COc2ccc(F)cc2)o1. The Kier molecular flexibility index (Phi) is 6.94. The molecular weight excluding hydrogens is 415 g/mol. The highest BCUT2D eigenvalue weighted by Gasteiger charge is 2.16. The number of ether oxygens (including phenoxy) is 1. The summed E-state index contributed by atoms with van der Waals surface area (Å²) < 4.78 is 24.2. The summed E-state index contributed by atoms with van der Waals surface area (Å²) in [6, 6.07) is 15.1. The van der Waals surface area contributed by atoms with Gasteiger partial charge in [-0.2, -0.15) is 11.8 Å². The van der Waals surface area contributed by atoms with E-state index in [4.69, 9.17) is 9.15 Å². The van der Waals surface area contributed by atoms with Gasteiger partial charge in [0.2, 0.25) is 0 Å². The minimum Gasteiger partial charge on any atom is -0.486 e. The van der Waals surface area contributed by atoms with Crippen LogP contribution in [-0.2, 0) is 13.2 Å². The zero-order valence-electron chi connectivity index (χ0n) is 17.4. The van der Waals surface area contributed by atoms with Crippen LogP contribution in [0.4, 0.5) is 10.1 Å². The molecule has 1 fully saturated rings. The first kappa shape index (κ1) is 21.5. The number of furan rings is 1. The molecule has 1 saturated heterocycles. The first-order chi connectivity index (χ1) is 15.1. The standard InChI is InChI=1S/C24H25FN2O3S/c1-17-18(15-27-11-13-31-14-12-27)3-2-4-22(17)26-24(28)23-10-9-21(30-23)16-29-20-7-5-19(25)6-8-20/h2-10H,11-16H2,1H3,(H,26,28). The van der Waals surface area contributed by atoms with Crippen LogP contribution >= 0.6 is 11.8 Å². The molecule has 5 nitrogen and oxygen atoms in total. The molecule has 0 bridgehead atoms. The van der Waals surface area contributed by atoms with Crippen molar-refractivity contribution in [2.24, 2.45) is 0 Å². The second-order valence-electron chi connectivity index (χ2n) is 7.44. The van der Waals surface area contributed by atoms with Gasteiger partial charge in [-0.15, -0.1) is 0 Å². The number of thioether (sulfide) groups is 1. The van der Waals surface area contributed by atoms with Crippen molar-refractivity contribution in [2.75, 3.05) is 29.9 Å². The van der Waals surface area contributed by atoms with Crippen LogP contribution in [-0.4, -0.2) is 35.4 Å². The van der Waals surface area contributed by atoms with E-state index in [1.807, 2.05) is 30.8 Å². The molecule has 0 atom stereocenters. The average molecular weight is 441 g/mol. The van der Waals surface area contributed by atoms with E-state index in [9.17, 15) is 9.18 Å². The maximum Gasteiger partial charge on any atom is 0.291 e. The van der Waals surface area contributed by atoms with Gasteiger partial charge in [-0.3, -0.25) is 9.69 Å². The fourth-order valence-corrected chi connectivity index (χ4v) is 4.42. The Morgan fingerprint density at radius 1 is 1.13 bits per heavy atom. The number of rotatable bonds is 7. The van der Waals surface area contributed by atoms with Gasteiger partial charge in [0.15, 0.2) is 5.76 Å². The second-order valence-corrected chi connectivity index (χ2v) is 8.67. The number of nitrogens with one attached hydrogen (secondary N) is 1. The lowest BCUT2D eigenvalue weighted by molar-refractivity contribution is 0.0992. The highest BCUT2D eigenvalue weighted by Crippen LogP contribution is 2.23. The summed E-state index contributed by atoms with van der Waals surface area (Å²) in [6.45, 7) is 5.27. The Morgan fingerprint density at radius 2 is 1.90 bits per heavy atom. The van der Waals surface area contributed by atoms with E-state index < -0.39 is 0 Å². The highest BCUT2D eigenvalue weighted by atomic mass is 32.2. The maximum absolute atomic E-state index is 13.0. The van der Waals surface area contributed by atoms with E-state index in [1.165, 1.54) is 29.2 Å². The quantitative estimate of drug-likeness (QED) is 0.554. The van der Waals surface area contributed by atoms with Gasteiger partial charge in [0.25, 0.3) is 5.91 Å². The summed E-state index contributed by atoms with van der Waals surface area (Å²) in [6.07, 6.45) is 0. The monoisotopic (exact) mass is 440 g/mol. The zero-order chi connectivity index (χ0) is 21.6. The minimum atomic E-state index is -0.321. The molecule has 0 radical (unpaired) electrons. The van der Waals surface area contributed by atoms with Gasteiger partial charge < -0.3 is 14.5 Å². The van der Waals surface area contributed by atoms with E-state index in [-0.39, 0.29) is 24.1 Å². The number of nitrogens with zero attached hydrogens (tertiary/aromatic N) is 1. The normalized spacial score (nSPS) is 14.4. The second kappa shape index (κ2) is 10.0. The molecule has 1 aliphatic heterocycles. The lowest BCUT2D eigenvalue weighted by atomic mass is 10.1. The number of carbonyl (C=O) groups excluding carboxylic acids is 1. The fourth-order valence-electron chi connectivity index (χ4n) is 3.44. The molecule has 3 aromatic rings. The molecule has 2 heterocycles. The van der Waals surface area contributed by atoms with Crippen LogP contribution in [0.1, 0.15) is 27.4 Å². The average Bonchev–Trinajstić information content (AvgIpc) is 3.26. The molecule has 0 unspecified atom stereocenters. The number of hydrogen-bond donors (Lipinski definition) is 1. The first-order valence-corrected chi connectivity index (χ1v) is 11.4. The smallest absolute Gasteiger partial charge is 0.291 e. The molecule has 1 aliphatic rings. The van der Waals surface area contributed by atoms with E-state index in [2.05, 4.69) is 16.3 Å². The van der Waals surface area contributed by atoms with E-state index >= 15 is 0 Å². The summed E-state index contributed by atoms with van der Waals surface area (Å²) in [5.41, 5.74) is 3.08. The number of benzene rings is 2. The molecule has 0 saturated carbocycles. The molecular formula is C24H25FN2O3S. The van der Waals surface area contributed by atoms with Gasteiger partial charge in [-0.05, 0) is 60.5 Å². The van der Waals surface area contributed by atoms with Crippen LogP contribution in [0.15, 0.2) is 59.0 Å². The summed E-state index contributed by atoms with van der Waals surface area (Å²) in [4.78, 5) is 15.1. The lowest BCUT2D eigenvalue weighted by Crippen LogP contribution is -2.32. The number of carbonyl (C=O) groups is 1. The van der Waals surface area contributed by atoms with Crippen molar-refractivity contribution in [3.8, 4) is 5.75 Å². The Labute approximate surface area is 185 Å². The van der Waals surface area contributed by atoms with E-state index in [0.29, 0.717) is 11.5 Å². The molecule has 1 N–H and O–H groups in total. The molecule has 7 heteroatoms. The number of anilines is 1. The van der Waals surface area contributed by atoms with Crippen molar-refractivity contribution < 1.29 is 18.3 Å². The van der Waals surface area contributed by atoms with Crippen LogP contribution in [0.5, 0.6) is 5.75 Å². The zero-order valence-corrected chi connectivity index (χ0v) is 18.2. The van der Waals surface area contributed by atoms with Gasteiger partial charge >= 0.3 is 0 Å². The summed E-state index contributed by atoms with van der Waals surface area (Å²) in [5, 5.41) is 2.96. The summed E-state index contributed by atoms with van der Waals surface area (Å²) in [5.74, 6) is 2.98. The summed E-state index contributed by atoms with van der Waals surface area (Å²) >= 11 is 1.99. The van der Waals surface area contributed by atoms with Crippen molar-refractivity contribution in [3.63, 3.8) is 0 Å². The first-order valence-electron chi connectivity index (χ1n) is 10.3. The maximum atomic E-state index is 13.0. The fraction of sp³-hybridized carbons (Fsp3) is 0.292. The van der Waals surface area contributed by atoms with Gasteiger partial charge in [0.1, 0.15) is 23.9 Å². The van der Waals surface area contributed by atoms with E-state index in [0.717, 1.165) is 30.9 Å². The van der Waals surface area contributed by atoms with Gasteiger partial charge in [0.05, 0.1) is 0 Å². The van der Waals surface area contributed by atoms with Crippen molar-refractivity contribution in [3.05, 3.63) is 83.1 Å². The Morgan fingerprint density at radius 3 is 2.68 bits per heavy atom. The third-order valence-electron chi connectivity index (χ3n) is 5.27. The van der Waals surface area contributed by atoms with Gasteiger partial charge in [-0.25, -0.2) is 4.39 Å². The topological polar surface area (TPSA) is 54.7 Å². The third-order valence-corrected chi connectivity index (χ3v) is 6.21. The van der Waals surface area contributed by atoms with Crippen LogP contribution in [0.25, 0.3) is 0 Å². The molecule has 2 aromatic carbocycles. The van der Waals surface area contributed by atoms with Gasteiger partial charge in [-0.1, -0.05) is 12.1 Å². The van der Waals surface area contributed by atoms with Crippen molar-refractivity contribution in [1.29, 1.82) is 0 Å². The minimum absolute atomic E-state index is 0.154. The van der Waals surface area contributed by atoms with Crippen LogP contribution < -0.4 is 10.1 Å². The summed E-state index contributed by atoms with van der Waals surface area (Å²) in [7, 11) is 0. The van der Waals surface area contributed by atoms with Crippen molar-refractivity contribution >= 4 is 23.4 Å². The molecule has 0 spiro atoms. The third kappa shape index (κ3) is 5.68. The number of halogens is 1. The molecule has 1 aromatic heterocycles. The van der Waals surface area contributed by atoms with Crippen molar-refractivity contribution in [2.45, 2.75) is 20.1 Å². The van der Waals surface area contributed by atoms with Crippen LogP contribution in [0.3, 0.4) is 0 Å². The Hall–Kier alpha value is -2.77. The molecule has 162 valence electrons. The predicted octanol–water partition coefficient (Wildman–Crippen LogP) is 5.11. The molecule has 0 aliphatic carbocycles. The van der Waals surface area contributed by atoms with Gasteiger partial charge in [0, 0.05) is 36.8 Å². The van der Waals surface area contributed by atoms with E-state index in [1.54, 1.807) is 24.3 Å². The van der Waals surface area contributed by atoms with Crippen LogP contribution in [0, 0.1) is 12.7 Å². The Balaban J connectivity index is 1.37. The largest absolute Gasteiger partial charge is 0.486 e. The number of hydrogen-bond acceptors (Lipinski definition) is 5. The predicted molar refractivity (Wildman–Crippen MR) is 121 cm³/mol. The molecule has 4 rings (SSSR count). The van der Waals surface area contributed by atoms with Crippen LogP contribution in [0.2, 0.25) is 0 Å². The number of amides is 1. The molecule has 31 heavy (non-hydrogen) atoms. The van der Waals surface area contributed by atoms with Crippen molar-refractivity contribution in [1.82, 2.24) is 4.90 Å². The Bertz CT molecular complexity index is 1030. The highest BCUT2D eigenvalue weighted by molar-refractivity contribution is 7.99.